The lowest BCUT2D eigenvalue weighted by Gasteiger charge is -2.12. The van der Waals surface area contributed by atoms with Crippen LogP contribution in [0.1, 0.15) is 34.8 Å². The maximum Gasteiger partial charge on any atom is 0.253 e. The minimum Gasteiger partial charge on any atom is -0.384 e. The van der Waals surface area contributed by atoms with Crippen LogP contribution in [0, 0.1) is 6.92 Å². The van der Waals surface area contributed by atoms with Gasteiger partial charge in [0.15, 0.2) is 0 Å². The highest BCUT2D eigenvalue weighted by atomic mass is 16.1. The van der Waals surface area contributed by atoms with Crippen molar-refractivity contribution in [3.8, 4) is 0 Å². The topological polar surface area (TPSA) is 41.1 Å². The molecule has 0 fully saturated rings. The number of benzene rings is 2. The largest absolute Gasteiger partial charge is 0.384 e. The van der Waals surface area contributed by atoms with Crippen LogP contribution in [0.2, 0.25) is 0 Å². The second-order valence-electron chi connectivity index (χ2n) is 5.14. The number of carbonyl (C=O) groups excluding carboxylic acids is 1. The third kappa shape index (κ3) is 4.35. The van der Waals surface area contributed by atoms with Gasteiger partial charge in [-0.3, -0.25) is 4.79 Å². The summed E-state index contributed by atoms with van der Waals surface area (Å²) in [5, 5.41) is 6.27. The van der Waals surface area contributed by atoms with Crippen LogP contribution < -0.4 is 10.6 Å². The molecule has 0 saturated carbocycles. The lowest BCUT2D eigenvalue weighted by atomic mass is 10.1. The molecule has 0 atom stereocenters. The van der Waals surface area contributed by atoms with E-state index in [0.29, 0.717) is 12.1 Å². The Kier molecular flexibility index (Phi) is 5.38. The maximum absolute atomic E-state index is 12.3. The predicted octanol–water partition coefficient (Wildman–Crippen LogP) is 3.75. The molecule has 110 valence electrons. The van der Waals surface area contributed by atoms with E-state index < -0.39 is 0 Å². The van der Waals surface area contributed by atoms with Crippen LogP contribution in [0.4, 0.5) is 5.69 Å². The number of hydrogen-bond acceptors (Lipinski definition) is 2. The van der Waals surface area contributed by atoms with E-state index in [1.807, 2.05) is 36.4 Å². The number of carbonyl (C=O) groups is 1. The first-order valence-corrected chi connectivity index (χ1v) is 7.37. The van der Waals surface area contributed by atoms with Crippen LogP contribution in [-0.2, 0) is 6.54 Å². The van der Waals surface area contributed by atoms with Gasteiger partial charge in [0, 0.05) is 18.8 Å². The summed E-state index contributed by atoms with van der Waals surface area (Å²) in [6.45, 7) is 5.56. The van der Waals surface area contributed by atoms with Crippen LogP contribution in [0.25, 0.3) is 0 Å². The van der Waals surface area contributed by atoms with E-state index in [1.54, 1.807) is 0 Å². The number of rotatable bonds is 6. The molecule has 0 heterocycles. The van der Waals surface area contributed by atoms with E-state index in [-0.39, 0.29) is 5.91 Å². The van der Waals surface area contributed by atoms with Crippen molar-refractivity contribution >= 4 is 11.6 Å². The Bertz CT molecular complexity index is 608. The van der Waals surface area contributed by atoms with E-state index in [9.17, 15) is 4.79 Å². The molecule has 2 aromatic carbocycles. The Morgan fingerprint density at radius 3 is 2.67 bits per heavy atom. The van der Waals surface area contributed by atoms with Crippen LogP contribution >= 0.6 is 0 Å². The standard InChI is InChI=1S/C18H22N2O/c1-3-11-19-17-10-5-4-9-16(17)18(21)20-13-15-8-6-7-14(2)12-15/h4-10,12,19H,3,11,13H2,1-2H3,(H,20,21). The van der Waals surface area contributed by atoms with Gasteiger partial charge in [0.2, 0.25) is 0 Å². The highest BCUT2D eigenvalue weighted by Crippen LogP contribution is 2.15. The first kappa shape index (κ1) is 15.1. The van der Waals surface area contributed by atoms with E-state index >= 15 is 0 Å². The summed E-state index contributed by atoms with van der Waals surface area (Å²) < 4.78 is 0. The van der Waals surface area contributed by atoms with Crippen molar-refractivity contribution in [2.75, 3.05) is 11.9 Å². The highest BCUT2D eigenvalue weighted by Gasteiger charge is 2.10. The fraction of sp³-hybridized carbons (Fsp3) is 0.278. The van der Waals surface area contributed by atoms with Crippen LogP contribution in [0.15, 0.2) is 48.5 Å². The molecule has 0 aromatic heterocycles. The molecule has 0 aliphatic rings. The van der Waals surface area contributed by atoms with Crippen molar-refractivity contribution < 1.29 is 4.79 Å². The molecule has 0 unspecified atom stereocenters. The average Bonchev–Trinajstić information content (AvgIpc) is 2.51. The van der Waals surface area contributed by atoms with Gasteiger partial charge in [-0.2, -0.15) is 0 Å². The van der Waals surface area contributed by atoms with Crippen LogP contribution in [-0.4, -0.2) is 12.5 Å². The number of para-hydroxylation sites is 1. The number of amides is 1. The molecular weight excluding hydrogens is 260 g/mol. The molecule has 2 aromatic rings. The van der Waals surface area contributed by atoms with Gasteiger partial charge in [0.1, 0.15) is 0 Å². The number of hydrogen-bond donors (Lipinski definition) is 2. The van der Waals surface area contributed by atoms with Gasteiger partial charge in [-0.15, -0.1) is 0 Å². The van der Waals surface area contributed by atoms with Gasteiger partial charge in [-0.1, -0.05) is 48.9 Å². The molecule has 1 amide bonds. The highest BCUT2D eigenvalue weighted by molar-refractivity contribution is 5.99. The fourth-order valence-corrected chi connectivity index (χ4v) is 2.19. The molecule has 0 bridgehead atoms. The van der Waals surface area contributed by atoms with Crippen molar-refractivity contribution in [1.82, 2.24) is 5.32 Å². The second kappa shape index (κ2) is 7.48. The second-order valence-corrected chi connectivity index (χ2v) is 5.14. The number of nitrogens with one attached hydrogen (secondary N) is 2. The molecular formula is C18H22N2O. The molecule has 3 heteroatoms. The first-order chi connectivity index (χ1) is 10.2. The van der Waals surface area contributed by atoms with Crippen LogP contribution in [0.3, 0.4) is 0 Å². The first-order valence-electron chi connectivity index (χ1n) is 7.37. The molecule has 3 nitrogen and oxygen atoms in total. The molecule has 0 radical (unpaired) electrons. The zero-order chi connectivity index (χ0) is 15.1. The van der Waals surface area contributed by atoms with E-state index in [1.165, 1.54) is 5.56 Å². The Hall–Kier alpha value is -2.29. The minimum atomic E-state index is -0.0456. The van der Waals surface area contributed by atoms with Gasteiger partial charge in [0.05, 0.1) is 5.56 Å². The predicted molar refractivity (Wildman–Crippen MR) is 87.6 cm³/mol. The van der Waals surface area contributed by atoms with Crippen molar-refractivity contribution in [2.45, 2.75) is 26.8 Å². The van der Waals surface area contributed by atoms with E-state index in [2.05, 4.69) is 36.6 Å². The van der Waals surface area contributed by atoms with Crippen molar-refractivity contribution in [3.05, 3.63) is 65.2 Å². The Morgan fingerprint density at radius 1 is 1.10 bits per heavy atom. The third-order valence-electron chi connectivity index (χ3n) is 3.27. The zero-order valence-corrected chi connectivity index (χ0v) is 12.6. The molecule has 0 aliphatic carbocycles. The molecule has 2 N–H and O–H groups in total. The SMILES string of the molecule is CCCNc1ccccc1C(=O)NCc1cccc(C)c1. The van der Waals surface area contributed by atoms with Crippen molar-refractivity contribution in [1.29, 1.82) is 0 Å². The van der Waals surface area contributed by atoms with Gasteiger partial charge >= 0.3 is 0 Å². The summed E-state index contributed by atoms with van der Waals surface area (Å²) >= 11 is 0. The summed E-state index contributed by atoms with van der Waals surface area (Å²) in [4.78, 5) is 12.3. The summed E-state index contributed by atoms with van der Waals surface area (Å²) in [5.74, 6) is -0.0456. The quantitative estimate of drug-likeness (QED) is 0.847. The lowest BCUT2D eigenvalue weighted by Crippen LogP contribution is -2.24. The van der Waals surface area contributed by atoms with Gasteiger partial charge in [-0.05, 0) is 31.0 Å². The molecule has 21 heavy (non-hydrogen) atoms. The maximum atomic E-state index is 12.3. The van der Waals surface area contributed by atoms with Gasteiger partial charge in [-0.25, -0.2) is 0 Å². The van der Waals surface area contributed by atoms with E-state index in [4.69, 9.17) is 0 Å². The van der Waals surface area contributed by atoms with Crippen molar-refractivity contribution in [3.63, 3.8) is 0 Å². The Balaban J connectivity index is 2.03. The third-order valence-corrected chi connectivity index (χ3v) is 3.27. The molecule has 0 spiro atoms. The van der Waals surface area contributed by atoms with Gasteiger partial charge < -0.3 is 10.6 Å². The average molecular weight is 282 g/mol. The van der Waals surface area contributed by atoms with Crippen molar-refractivity contribution in [2.24, 2.45) is 0 Å². The number of anilines is 1. The monoisotopic (exact) mass is 282 g/mol. The smallest absolute Gasteiger partial charge is 0.253 e. The lowest BCUT2D eigenvalue weighted by molar-refractivity contribution is 0.0951. The summed E-state index contributed by atoms with van der Waals surface area (Å²) in [6.07, 6.45) is 1.03. The van der Waals surface area contributed by atoms with Crippen LogP contribution in [0.5, 0.6) is 0 Å². The summed E-state index contributed by atoms with van der Waals surface area (Å²) in [7, 11) is 0. The summed E-state index contributed by atoms with van der Waals surface area (Å²) in [5.41, 5.74) is 3.90. The fourth-order valence-electron chi connectivity index (χ4n) is 2.19. The molecule has 2 rings (SSSR count). The Morgan fingerprint density at radius 2 is 1.90 bits per heavy atom. The van der Waals surface area contributed by atoms with Gasteiger partial charge in [0.25, 0.3) is 5.91 Å². The Labute approximate surface area is 126 Å². The van der Waals surface area contributed by atoms with E-state index in [0.717, 1.165) is 24.2 Å². The zero-order valence-electron chi connectivity index (χ0n) is 12.6. The molecule has 0 saturated heterocycles. The molecule has 0 aliphatic heterocycles. The summed E-state index contributed by atoms with van der Waals surface area (Å²) in [6, 6.07) is 15.8. The minimum absolute atomic E-state index is 0.0456. The normalized spacial score (nSPS) is 10.2. The number of aryl methyl sites for hydroxylation is 1.